The van der Waals surface area contributed by atoms with Crippen molar-refractivity contribution in [2.24, 2.45) is 0 Å². The van der Waals surface area contributed by atoms with Crippen molar-refractivity contribution in [3.8, 4) is 5.75 Å². The standard InChI is InChI=1S/C28H30ClN3O2/c1-19(2)21-11-5-9-16-26(21)34-18-10-17-32-25-15-8-7-14-24(25)31-27(32)20(3)30-28(33)22-12-4-6-13-23(22)29/h4-9,11-16,19-20H,10,17-18H2,1-3H3,(H,30,33). The maximum Gasteiger partial charge on any atom is 0.253 e. The Bertz CT molecular complexity index is 1280. The Morgan fingerprint density at radius 1 is 1.00 bits per heavy atom. The van der Waals surface area contributed by atoms with Gasteiger partial charge in [0.15, 0.2) is 0 Å². The average molecular weight is 476 g/mol. The summed E-state index contributed by atoms with van der Waals surface area (Å²) in [5.41, 5.74) is 3.62. The Morgan fingerprint density at radius 3 is 2.50 bits per heavy atom. The Morgan fingerprint density at radius 2 is 1.71 bits per heavy atom. The molecule has 176 valence electrons. The van der Waals surface area contributed by atoms with Crippen LogP contribution in [0.4, 0.5) is 0 Å². The van der Waals surface area contributed by atoms with E-state index in [1.54, 1.807) is 18.2 Å². The molecule has 0 aliphatic heterocycles. The molecule has 34 heavy (non-hydrogen) atoms. The molecule has 0 aliphatic carbocycles. The molecule has 1 amide bonds. The Balaban J connectivity index is 1.49. The third kappa shape index (κ3) is 5.26. The van der Waals surface area contributed by atoms with Gasteiger partial charge in [-0.3, -0.25) is 4.79 Å². The average Bonchev–Trinajstić information content (AvgIpc) is 3.21. The highest BCUT2D eigenvalue weighted by atomic mass is 35.5. The lowest BCUT2D eigenvalue weighted by Crippen LogP contribution is -2.29. The van der Waals surface area contributed by atoms with Crippen molar-refractivity contribution in [1.29, 1.82) is 0 Å². The molecule has 4 aromatic rings. The van der Waals surface area contributed by atoms with Gasteiger partial charge in [0.05, 0.1) is 34.3 Å². The first kappa shape index (κ1) is 23.8. The van der Waals surface area contributed by atoms with E-state index in [1.807, 2.05) is 49.4 Å². The van der Waals surface area contributed by atoms with Crippen LogP contribution in [0.15, 0.2) is 72.8 Å². The number of halogens is 1. The first-order valence-electron chi connectivity index (χ1n) is 11.7. The number of hydrogen-bond acceptors (Lipinski definition) is 3. The van der Waals surface area contributed by atoms with E-state index in [0.29, 0.717) is 23.1 Å². The normalized spacial score (nSPS) is 12.1. The van der Waals surface area contributed by atoms with Crippen molar-refractivity contribution in [3.63, 3.8) is 0 Å². The molecule has 0 saturated carbocycles. The van der Waals surface area contributed by atoms with Crippen LogP contribution in [0.3, 0.4) is 0 Å². The topological polar surface area (TPSA) is 56.1 Å². The molecule has 1 atom stereocenters. The molecular weight excluding hydrogens is 446 g/mol. The number of para-hydroxylation sites is 3. The van der Waals surface area contributed by atoms with Crippen molar-refractivity contribution < 1.29 is 9.53 Å². The molecule has 1 aromatic heterocycles. The van der Waals surface area contributed by atoms with E-state index in [2.05, 4.69) is 35.9 Å². The van der Waals surface area contributed by atoms with Gasteiger partial charge in [-0.25, -0.2) is 4.98 Å². The number of carbonyl (C=O) groups is 1. The van der Waals surface area contributed by atoms with E-state index in [-0.39, 0.29) is 11.9 Å². The number of rotatable bonds is 9. The number of aryl methyl sites for hydroxylation is 1. The molecule has 1 N–H and O–H groups in total. The third-order valence-corrected chi connectivity index (χ3v) is 6.19. The zero-order valence-electron chi connectivity index (χ0n) is 19.8. The van der Waals surface area contributed by atoms with E-state index in [1.165, 1.54) is 5.56 Å². The Kier molecular flexibility index (Phi) is 7.53. The highest BCUT2D eigenvalue weighted by molar-refractivity contribution is 6.33. The summed E-state index contributed by atoms with van der Waals surface area (Å²) < 4.78 is 8.30. The van der Waals surface area contributed by atoms with Crippen LogP contribution in [-0.2, 0) is 6.54 Å². The van der Waals surface area contributed by atoms with Crippen LogP contribution < -0.4 is 10.1 Å². The van der Waals surface area contributed by atoms with Crippen LogP contribution in [0.1, 0.15) is 60.9 Å². The molecule has 4 rings (SSSR count). The predicted molar refractivity (Wildman–Crippen MR) is 138 cm³/mol. The summed E-state index contributed by atoms with van der Waals surface area (Å²) in [5.74, 6) is 1.94. The minimum absolute atomic E-state index is 0.217. The largest absolute Gasteiger partial charge is 0.493 e. The lowest BCUT2D eigenvalue weighted by Gasteiger charge is -2.17. The van der Waals surface area contributed by atoms with E-state index < -0.39 is 0 Å². The SMILES string of the molecule is CC(C)c1ccccc1OCCCn1c(C(C)NC(=O)c2ccccc2Cl)nc2ccccc21. The molecule has 0 radical (unpaired) electrons. The number of benzene rings is 3. The summed E-state index contributed by atoms with van der Waals surface area (Å²) in [4.78, 5) is 17.7. The molecule has 1 unspecified atom stereocenters. The predicted octanol–water partition coefficient (Wildman–Crippen LogP) is 6.77. The number of nitrogens with zero attached hydrogens (tertiary/aromatic N) is 2. The Hall–Kier alpha value is -3.31. The maximum atomic E-state index is 12.8. The second-order valence-electron chi connectivity index (χ2n) is 8.68. The van der Waals surface area contributed by atoms with Crippen molar-refractivity contribution in [1.82, 2.24) is 14.9 Å². The second kappa shape index (κ2) is 10.7. The second-order valence-corrected chi connectivity index (χ2v) is 9.09. The number of amides is 1. The summed E-state index contributed by atoms with van der Waals surface area (Å²) >= 11 is 6.21. The van der Waals surface area contributed by atoms with Gasteiger partial charge in [0.1, 0.15) is 11.6 Å². The van der Waals surface area contributed by atoms with Crippen molar-refractivity contribution in [2.75, 3.05) is 6.61 Å². The van der Waals surface area contributed by atoms with Gasteiger partial charge < -0.3 is 14.6 Å². The number of aromatic nitrogens is 2. The van der Waals surface area contributed by atoms with Gasteiger partial charge >= 0.3 is 0 Å². The summed E-state index contributed by atoms with van der Waals surface area (Å²) in [6.07, 6.45) is 0.810. The van der Waals surface area contributed by atoms with Gasteiger partial charge in [-0.05, 0) is 55.2 Å². The minimum atomic E-state index is -0.293. The van der Waals surface area contributed by atoms with E-state index in [4.69, 9.17) is 21.3 Å². The molecule has 0 aliphatic rings. The summed E-state index contributed by atoms with van der Waals surface area (Å²) in [5, 5.41) is 3.48. The minimum Gasteiger partial charge on any atom is -0.493 e. The smallest absolute Gasteiger partial charge is 0.253 e. The van der Waals surface area contributed by atoms with E-state index in [9.17, 15) is 4.79 Å². The van der Waals surface area contributed by atoms with Crippen molar-refractivity contribution in [3.05, 3.63) is 94.8 Å². The number of hydrogen-bond donors (Lipinski definition) is 1. The van der Waals surface area contributed by atoms with E-state index >= 15 is 0 Å². The van der Waals surface area contributed by atoms with E-state index in [0.717, 1.165) is 35.6 Å². The summed E-state index contributed by atoms with van der Waals surface area (Å²) in [6.45, 7) is 7.61. The first-order chi connectivity index (χ1) is 16.5. The molecule has 0 saturated heterocycles. The van der Waals surface area contributed by atoms with Gasteiger partial charge in [0.2, 0.25) is 0 Å². The summed E-state index contributed by atoms with van der Waals surface area (Å²) in [7, 11) is 0. The molecule has 6 heteroatoms. The third-order valence-electron chi connectivity index (χ3n) is 5.86. The molecule has 5 nitrogen and oxygen atoms in total. The van der Waals surface area contributed by atoms with Crippen molar-refractivity contribution in [2.45, 2.75) is 45.7 Å². The lowest BCUT2D eigenvalue weighted by atomic mass is 10.0. The maximum absolute atomic E-state index is 12.8. The van der Waals surface area contributed by atoms with Crippen LogP contribution >= 0.6 is 11.6 Å². The van der Waals surface area contributed by atoms with Crippen LogP contribution in [0, 0.1) is 0 Å². The number of ether oxygens (including phenoxy) is 1. The monoisotopic (exact) mass is 475 g/mol. The highest BCUT2D eigenvalue weighted by Crippen LogP contribution is 2.26. The van der Waals surface area contributed by atoms with Gasteiger partial charge in [0.25, 0.3) is 5.91 Å². The fourth-order valence-electron chi connectivity index (χ4n) is 4.14. The molecular formula is C28H30ClN3O2. The van der Waals surface area contributed by atoms with Gasteiger partial charge in [0, 0.05) is 6.54 Å². The van der Waals surface area contributed by atoms with Crippen LogP contribution in [0.5, 0.6) is 5.75 Å². The molecule has 0 spiro atoms. The molecule has 0 fully saturated rings. The fourth-order valence-corrected chi connectivity index (χ4v) is 4.36. The van der Waals surface area contributed by atoms with Crippen molar-refractivity contribution >= 4 is 28.5 Å². The van der Waals surface area contributed by atoms with Gasteiger partial charge in [-0.15, -0.1) is 0 Å². The number of carbonyl (C=O) groups excluding carboxylic acids is 1. The highest BCUT2D eigenvalue weighted by Gasteiger charge is 2.20. The Labute approximate surface area is 205 Å². The quantitative estimate of drug-likeness (QED) is 0.272. The summed E-state index contributed by atoms with van der Waals surface area (Å²) in [6, 6.07) is 23.0. The zero-order chi connectivity index (χ0) is 24.1. The number of nitrogens with one attached hydrogen (secondary N) is 1. The zero-order valence-corrected chi connectivity index (χ0v) is 20.5. The van der Waals surface area contributed by atoms with Crippen LogP contribution in [-0.4, -0.2) is 22.1 Å². The number of fused-ring (bicyclic) bond motifs is 1. The molecule has 0 bridgehead atoms. The molecule has 3 aromatic carbocycles. The fraction of sp³-hybridized carbons (Fsp3) is 0.286. The van der Waals surface area contributed by atoms with Crippen LogP contribution in [0.2, 0.25) is 5.02 Å². The van der Waals surface area contributed by atoms with Crippen LogP contribution in [0.25, 0.3) is 11.0 Å². The van der Waals surface area contributed by atoms with Gasteiger partial charge in [-0.2, -0.15) is 0 Å². The number of imidazole rings is 1. The molecule has 1 heterocycles. The van der Waals surface area contributed by atoms with Gasteiger partial charge in [-0.1, -0.05) is 67.9 Å². The lowest BCUT2D eigenvalue weighted by molar-refractivity contribution is 0.0937. The first-order valence-corrected chi connectivity index (χ1v) is 12.1.